The van der Waals surface area contributed by atoms with Crippen molar-refractivity contribution in [1.82, 2.24) is 0 Å². The third kappa shape index (κ3) is 25.7. The molecule has 0 aliphatic heterocycles. The summed E-state index contributed by atoms with van der Waals surface area (Å²) in [6.07, 6.45) is 21.9. The summed E-state index contributed by atoms with van der Waals surface area (Å²) in [4.78, 5) is 23.5. The van der Waals surface area contributed by atoms with Crippen LogP contribution in [0.15, 0.2) is 36.5 Å². The molecular formula is C27H48O7P-. The average Bonchev–Trinajstić information content (AvgIpc) is 2.78. The summed E-state index contributed by atoms with van der Waals surface area (Å²) in [5, 5.41) is 9.79. The number of unbranched alkanes of at least 4 members (excludes halogenated alkanes) is 5. The molecule has 0 aromatic carbocycles. The van der Waals surface area contributed by atoms with Crippen LogP contribution in [0.3, 0.4) is 0 Å². The Morgan fingerprint density at radius 1 is 0.914 bits per heavy atom. The van der Waals surface area contributed by atoms with Gasteiger partial charge in [-0.15, -0.1) is 0 Å². The van der Waals surface area contributed by atoms with E-state index >= 15 is 0 Å². The van der Waals surface area contributed by atoms with E-state index in [-0.39, 0.29) is 25.0 Å². The second-order valence-corrected chi connectivity index (χ2v) is 11.2. The highest BCUT2D eigenvalue weighted by Gasteiger charge is 2.17. The van der Waals surface area contributed by atoms with Gasteiger partial charge in [0.05, 0.1) is 13.2 Å². The number of carbonyl (C=O) groups excluding carboxylic acids is 1. The number of hydrogen-bond acceptors (Lipinski definition) is 7. The van der Waals surface area contributed by atoms with Crippen molar-refractivity contribution >= 4 is 13.8 Å². The Hall–Kier alpha value is -1.24. The topological polar surface area (TPSA) is 105 Å². The van der Waals surface area contributed by atoms with Crippen LogP contribution < -0.4 is 4.89 Å². The maximum atomic E-state index is 11.8. The normalized spacial score (nSPS) is 15.3. The van der Waals surface area contributed by atoms with Gasteiger partial charge < -0.3 is 23.8 Å². The molecule has 0 aliphatic rings. The summed E-state index contributed by atoms with van der Waals surface area (Å²) in [5.74, 6) is -0.406. The number of carbonyl (C=O) groups is 1. The van der Waals surface area contributed by atoms with Crippen LogP contribution in [0.5, 0.6) is 0 Å². The Morgan fingerprint density at radius 2 is 1.51 bits per heavy atom. The molecule has 204 valence electrons. The fourth-order valence-corrected chi connectivity index (χ4v) is 3.62. The largest absolute Gasteiger partial charge is 0.756 e. The lowest BCUT2D eigenvalue weighted by Gasteiger charge is -2.26. The molecule has 0 bridgehead atoms. The van der Waals surface area contributed by atoms with Crippen LogP contribution in [0.1, 0.15) is 98.3 Å². The molecule has 0 amide bonds. The first kappa shape index (κ1) is 33.8. The smallest absolute Gasteiger partial charge is 0.305 e. The number of allylic oxidation sites excluding steroid dienone is 6. The summed E-state index contributed by atoms with van der Waals surface area (Å²) in [5.41, 5.74) is -0.0613. The number of hydrogen-bond donors (Lipinski definition) is 1. The van der Waals surface area contributed by atoms with E-state index in [9.17, 15) is 19.4 Å². The second kappa shape index (κ2) is 20.9. The van der Waals surface area contributed by atoms with Gasteiger partial charge >= 0.3 is 5.97 Å². The highest BCUT2D eigenvalue weighted by molar-refractivity contribution is 7.45. The Balaban J connectivity index is 3.66. The predicted molar refractivity (Wildman–Crippen MR) is 140 cm³/mol. The minimum atomic E-state index is -4.49. The molecule has 0 aromatic heterocycles. The maximum Gasteiger partial charge on any atom is 0.305 e. The van der Waals surface area contributed by atoms with Crippen molar-refractivity contribution in [2.24, 2.45) is 5.41 Å². The number of ether oxygens (including phenoxy) is 1. The van der Waals surface area contributed by atoms with Crippen LogP contribution in [0.25, 0.3) is 0 Å². The van der Waals surface area contributed by atoms with Crippen LogP contribution in [0, 0.1) is 5.41 Å². The molecule has 7 nitrogen and oxygen atoms in total. The number of rotatable bonds is 21. The van der Waals surface area contributed by atoms with Gasteiger partial charge in [-0.2, -0.15) is 0 Å². The molecule has 0 saturated carbocycles. The van der Waals surface area contributed by atoms with Crippen LogP contribution in [0.2, 0.25) is 0 Å². The molecule has 8 heteroatoms. The van der Waals surface area contributed by atoms with Gasteiger partial charge in [-0.1, -0.05) is 83.4 Å². The predicted octanol–water partition coefficient (Wildman–Crippen LogP) is 6.42. The quantitative estimate of drug-likeness (QED) is 0.0814. The van der Waals surface area contributed by atoms with Gasteiger partial charge in [0.25, 0.3) is 7.82 Å². The molecule has 0 aromatic rings. The summed E-state index contributed by atoms with van der Waals surface area (Å²) < 4.78 is 26.1. The highest BCUT2D eigenvalue weighted by Crippen LogP contribution is 2.39. The SMILES string of the molecule is CC/C=C\C/C=C\C/C=C\CCCCCCCC(=O)OC[C@@H](O)COP(=O)([O-])OCCC(C)(C)C. The van der Waals surface area contributed by atoms with E-state index in [1.807, 2.05) is 20.8 Å². The Bertz CT molecular complexity index is 665. The van der Waals surface area contributed by atoms with Crippen molar-refractivity contribution in [3.63, 3.8) is 0 Å². The van der Waals surface area contributed by atoms with E-state index in [2.05, 4.69) is 47.9 Å². The van der Waals surface area contributed by atoms with E-state index in [0.29, 0.717) is 6.42 Å². The van der Waals surface area contributed by atoms with E-state index in [1.165, 1.54) is 0 Å². The summed E-state index contributed by atoms with van der Waals surface area (Å²) in [7, 11) is -4.49. The average molecular weight is 516 g/mol. The summed E-state index contributed by atoms with van der Waals surface area (Å²) in [6.45, 7) is 7.24. The van der Waals surface area contributed by atoms with E-state index in [1.54, 1.807) is 0 Å². The van der Waals surface area contributed by atoms with Crippen molar-refractivity contribution in [3.05, 3.63) is 36.5 Å². The molecule has 0 rings (SSSR count). The molecule has 0 saturated heterocycles. The number of phosphoric acid groups is 1. The summed E-state index contributed by atoms with van der Waals surface area (Å²) >= 11 is 0. The molecule has 1 N–H and O–H groups in total. The molecule has 2 atom stereocenters. The van der Waals surface area contributed by atoms with Gasteiger partial charge in [0.1, 0.15) is 12.7 Å². The molecule has 1 unspecified atom stereocenters. The van der Waals surface area contributed by atoms with Gasteiger partial charge in [0.15, 0.2) is 0 Å². The number of esters is 1. The van der Waals surface area contributed by atoms with Gasteiger partial charge in [-0.05, 0) is 50.4 Å². The monoisotopic (exact) mass is 515 g/mol. The van der Waals surface area contributed by atoms with Crippen molar-refractivity contribution < 1.29 is 33.1 Å². The zero-order chi connectivity index (χ0) is 26.4. The Morgan fingerprint density at radius 3 is 2.17 bits per heavy atom. The van der Waals surface area contributed by atoms with Gasteiger partial charge in [-0.25, -0.2) is 0 Å². The van der Waals surface area contributed by atoms with E-state index in [0.717, 1.165) is 57.8 Å². The fourth-order valence-electron chi connectivity index (χ4n) is 2.88. The van der Waals surface area contributed by atoms with E-state index < -0.39 is 26.5 Å². The van der Waals surface area contributed by atoms with Crippen molar-refractivity contribution in [3.8, 4) is 0 Å². The van der Waals surface area contributed by atoms with Crippen LogP contribution >= 0.6 is 7.82 Å². The second-order valence-electron chi connectivity index (χ2n) is 9.82. The molecule has 0 heterocycles. The third-order valence-corrected chi connectivity index (χ3v) is 5.96. The zero-order valence-corrected chi connectivity index (χ0v) is 23.2. The van der Waals surface area contributed by atoms with Crippen molar-refractivity contribution in [2.75, 3.05) is 19.8 Å². The van der Waals surface area contributed by atoms with Gasteiger partial charge in [0.2, 0.25) is 0 Å². The first-order valence-corrected chi connectivity index (χ1v) is 14.4. The molecule has 0 fully saturated rings. The lowest BCUT2D eigenvalue weighted by Crippen LogP contribution is -2.25. The third-order valence-electron chi connectivity index (χ3n) is 4.99. The maximum absolute atomic E-state index is 11.8. The van der Waals surface area contributed by atoms with Crippen molar-refractivity contribution in [1.29, 1.82) is 0 Å². The zero-order valence-electron chi connectivity index (χ0n) is 22.3. The molecular weight excluding hydrogens is 467 g/mol. The molecule has 35 heavy (non-hydrogen) atoms. The standard InChI is InChI=1S/C27H49O7P/c1-5-6-7-8-9-10-11-12-13-14-15-16-17-18-19-20-26(29)32-23-25(28)24-34-35(30,31)33-22-21-27(2,3)4/h6-7,9-10,12-13,25,28H,5,8,11,14-24H2,1-4H3,(H,30,31)/p-1/b7-6-,10-9-,13-12-/t25-/m1/s1. The molecule has 0 aliphatic carbocycles. The lowest BCUT2D eigenvalue weighted by atomic mass is 9.93. The van der Waals surface area contributed by atoms with Crippen LogP contribution in [-0.2, 0) is 23.1 Å². The summed E-state index contributed by atoms with van der Waals surface area (Å²) in [6, 6.07) is 0. The van der Waals surface area contributed by atoms with Gasteiger partial charge in [0, 0.05) is 6.42 Å². The number of phosphoric ester groups is 1. The Labute approximate surface area is 213 Å². The van der Waals surface area contributed by atoms with Crippen molar-refractivity contribution in [2.45, 2.75) is 104 Å². The minimum Gasteiger partial charge on any atom is -0.756 e. The highest BCUT2D eigenvalue weighted by atomic mass is 31.2. The number of aliphatic hydroxyl groups excluding tert-OH is 1. The minimum absolute atomic E-state index is 0.0150. The van der Waals surface area contributed by atoms with Gasteiger partial charge in [-0.3, -0.25) is 9.36 Å². The molecule has 0 radical (unpaired) electrons. The fraction of sp³-hybridized carbons (Fsp3) is 0.741. The first-order chi connectivity index (χ1) is 16.6. The Kier molecular flexibility index (Phi) is 20.2. The van der Waals surface area contributed by atoms with E-state index in [4.69, 9.17) is 9.26 Å². The molecule has 0 spiro atoms. The first-order valence-electron chi connectivity index (χ1n) is 12.9. The number of aliphatic hydroxyl groups is 1. The van der Waals surface area contributed by atoms with Crippen LogP contribution in [-0.4, -0.2) is 37.0 Å². The lowest BCUT2D eigenvalue weighted by molar-refractivity contribution is -0.228. The van der Waals surface area contributed by atoms with Crippen LogP contribution in [0.4, 0.5) is 0 Å².